The van der Waals surface area contributed by atoms with E-state index in [9.17, 15) is 4.79 Å². The van der Waals surface area contributed by atoms with Gasteiger partial charge in [-0.2, -0.15) is 0 Å². The van der Waals surface area contributed by atoms with E-state index in [1.54, 1.807) is 0 Å². The lowest BCUT2D eigenvalue weighted by Gasteiger charge is -2.27. The quantitative estimate of drug-likeness (QED) is 0.820. The molecule has 1 heterocycles. The lowest BCUT2D eigenvalue weighted by molar-refractivity contribution is -0.125. The number of carbonyl (C=O) groups excluding carboxylic acids is 1. The summed E-state index contributed by atoms with van der Waals surface area (Å²) in [4.78, 5) is 15.7. The first-order valence-electron chi connectivity index (χ1n) is 8.26. The van der Waals surface area contributed by atoms with Gasteiger partial charge in [0.25, 0.3) is 0 Å². The Labute approximate surface area is 133 Å². The minimum Gasteiger partial charge on any atom is -0.358 e. The fraction of sp³-hybridized carbons (Fsp3) is 0.526. The number of hydrogen-bond donors (Lipinski definition) is 2. The van der Waals surface area contributed by atoms with Gasteiger partial charge in [0.05, 0.1) is 0 Å². The average Bonchev–Trinajstić information content (AvgIpc) is 2.83. The topological polar surface area (TPSA) is 44.9 Å². The first-order chi connectivity index (χ1) is 10.4. The molecule has 1 amide bonds. The molecule has 1 aromatic heterocycles. The number of benzene rings is 1. The molecule has 3 heteroatoms. The van der Waals surface area contributed by atoms with Crippen LogP contribution < -0.4 is 5.32 Å². The zero-order valence-corrected chi connectivity index (χ0v) is 14.4. The molecule has 0 unspecified atom stereocenters. The van der Waals surface area contributed by atoms with E-state index in [0.717, 1.165) is 18.4 Å². The summed E-state index contributed by atoms with van der Waals surface area (Å²) in [5.41, 5.74) is 3.54. The highest BCUT2D eigenvalue weighted by Gasteiger charge is 2.27. The van der Waals surface area contributed by atoms with Gasteiger partial charge >= 0.3 is 0 Å². The standard InChI is InChI=1S/C19H28N2O/c1-6-14(7-2)18(22)20-12-19(4,5)17-13(3)21-16-11-9-8-10-15(16)17/h8-11,14,21H,6-7,12H2,1-5H3,(H,20,22). The van der Waals surface area contributed by atoms with Crippen molar-refractivity contribution >= 4 is 16.8 Å². The Bertz CT molecular complexity index is 650. The van der Waals surface area contributed by atoms with Crippen LogP contribution >= 0.6 is 0 Å². The zero-order valence-electron chi connectivity index (χ0n) is 14.4. The summed E-state index contributed by atoms with van der Waals surface area (Å²) < 4.78 is 0. The number of fused-ring (bicyclic) bond motifs is 1. The van der Waals surface area contributed by atoms with Crippen LogP contribution in [-0.4, -0.2) is 17.4 Å². The van der Waals surface area contributed by atoms with Crippen molar-refractivity contribution in [2.24, 2.45) is 5.92 Å². The van der Waals surface area contributed by atoms with Gasteiger partial charge in [-0.25, -0.2) is 0 Å². The molecule has 2 rings (SSSR count). The first-order valence-corrected chi connectivity index (χ1v) is 8.26. The highest BCUT2D eigenvalue weighted by molar-refractivity contribution is 5.86. The molecule has 22 heavy (non-hydrogen) atoms. The van der Waals surface area contributed by atoms with Crippen molar-refractivity contribution in [2.75, 3.05) is 6.54 Å². The maximum Gasteiger partial charge on any atom is 0.223 e. The predicted octanol–water partition coefficient (Wildman–Crippen LogP) is 4.31. The van der Waals surface area contributed by atoms with Crippen LogP contribution in [0.1, 0.15) is 51.8 Å². The second-order valence-corrected chi connectivity index (χ2v) is 6.79. The molecule has 0 aliphatic rings. The summed E-state index contributed by atoms with van der Waals surface area (Å²) in [7, 11) is 0. The normalized spacial score (nSPS) is 12.1. The second kappa shape index (κ2) is 6.55. The Balaban J connectivity index is 2.22. The van der Waals surface area contributed by atoms with Crippen molar-refractivity contribution in [3.63, 3.8) is 0 Å². The van der Waals surface area contributed by atoms with Crippen LogP contribution in [0.15, 0.2) is 24.3 Å². The van der Waals surface area contributed by atoms with E-state index < -0.39 is 0 Å². The molecule has 0 saturated heterocycles. The zero-order chi connectivity index (χ0) is 16.3. The number of aromatic amines is 1. The van der Waals surface area contributed by atoms with Gasteiger partial charge in [0.2, 0.25) is 5.91 Å². The van der Waals surface area contributed by atoms with Crippen LogP contribution in [0.25, 0.3) is 10.9 Å². The number of H-pyrrole nitrogens is 1. The minimum atomic E-state index is -0.106. The van der Waals surface area contributed by atoms with Gasteiger partial charge in [-0.15, -0.1) is 0 Å². The molecule has 0 radical (unpaired) electrons. The first kappa shape index (κ1) is 16.6. The number of aromatic nitrogens is 1. The monoisotopic (exact) mass is 300 g/mol. The third-order valence-electron chi connectivity index (χ3n) is 4.63. The van der Waals surface area contributed by atoms with Gasteiger partial charge in [-0.1, -0.05) is 45.9 Å². The van der Waals surface area contributed by atoms with Crippen molar-refractivity contribution in [2.45, 2.75) is 52.9 Å². The Morgan fingerprint density at radius 3 is 2.50 bits per heavy atom. The SMILES string of the molecule is CCC(CC)C(=O)NCC(C)(C)c1c(C)[nH]c2ccccc12. The van der Waals surface area contributed by atoms with Gasteiger partial charge < -0.3 is 10.3 Å². The second-order valence-electron chi connectivity index (χ2n) is 6.79. The van der Waals surface area contributed by atoms with Gasteiger partial charge in [-0.05, 0) is 31.4 Å². The Morgan fingerprint density at radius 2 is 1.86 bits per heavy atom. The van der Waals surface area contributed by atoms with Gasteiger partial charge in [0.1, 0.15) is 0 Å². The largest absolute Gasteiger partial charge is 0.358 e. The molecular weight excluding hydrogens is 272 g/mol. The summed E-state index contributed by atoms with van der Waals surface area (Å²) >= 11 is 0. The third kappa shape index (κ3) is 3.18. The maximum absolute atomic E-state index is 12.3. The van der Waals surface area contributed by atoms with Gasteiger partial charge in [-0.3, -0.25) is 4.79 Å². The van der Waals surface area contributed by atoms with Crippen LogP contribution in [0.5, 0.6) is 0 Å². The van der Waals surface area contributed by atoms with E-state index in [4.69, 9.17) is 0 Å². The van der Waals surface area contributed by atoms with Crippen LogP contribution in [0, 0.1) is 12.8 Å². The number of carbonyl (C=O) groups is 1. The lowest BCUT2D eigenvalue weighted by atomic mass is 9.82. The minimum absolute atomic E-state index is 0.106. The summed E-state index contributed by atoms with van der Waals surface area (Å²) in [5.74, 6) is 0.301. The maximum atomic E-state index is 12.3. The highest BCUT2D eigenvalue weighted by Crippen LogP contribution is 2.33. The van der Waals surface area contributed by atoms with Crippen LogP contribution in [0.3, 0.4) is 0 Å². The number of amides is 1. The number of hydrogen-bond acceptors (Lipinski definition) is 1. The number of para-hydroxylation sites is 1. The molecule has 0 aliphatic heterocycles. The van der Waals surface area contributed by atoms with E-state index in [0.29, 0.717) is 6.54 Å². The molecule has 0 bridgehead atoms. The molecule has 0 atom stereocenters. The Kier molecular flexibility index (Phi) is 4.94. The smallest absolute Gasteiger partial charge is 0.223 e. The van der Waals surface area contributed by atoms with E-state index in [1.165, 1.54) is 16.6 Å². The van der Waals surface area contributed by atoms with Gasteiger partial charge in [0, 0.05) is 34.5 Å². The summed E-state index contributed by atoms with van der Waals surface area (Å²) in [6, 6.07) is 8.37. The Morgan fingerprint density at radius 1 is 1.23 bits per heavy atom. The molecule has 2 N–H and O–H groups in total. The fourth-order valence-corrected chi connectivity index (χ4v) is 3.35. The molecule has 0 aliphatic carbocycles. The molecular formula is C19H28N2O. The van der Waals surface area contributed by atoms with Crippen molar-refractivity contribution in [1.82, 2.24) is 10.3 Å². The summed E-state index contributed by atoms with van der Waals surface area (Å²) in [6.07, 6.45) is 1.80. The molecule has 0 saturated carbocycles. The molecule has 3 nitrogen and oxygen atoms in total. The van der Waals surface area contributed by atoms with Gasteiger partial charge in [0.15, 0.2) is 0 Å². The van der Waals surface area contributed by atoms with Crippen LogP contribution in [0.2, 0.25) is 0 Å². The molecule has 2 aromatic rings. The number of rotatable bonds is 6. The number of nitrogens with one attached hydrogen (secondary N) is 2. The van der Waals surface area contributed by atoms with Crippen LogP contribution in [0.4, 0.5) is 0 Å². The third-order valence-corrected chi connectivity index (χ3v) is 4.63. The van der Waals surface area contributed by atoms with E-state index in [-0.39, 0.29) is 17.2 Å². The molecule has 0 spiro atoms. The number of aryl methyl sites for hydroxylation is 1. The molecule has 0 fully saturated rings. The van der Waals surface area contributed by atoms with E-state index >= 15 is 0 Å². The van der Waals surface area contributed by atoms with E-state index in [1.807, 2.05) is 6.07 Å². The van der Waals surface area contributed by atoms with Crippen LogP contribution in [-0.2, 0) is 10.2 Å². The molecule has 120 valence electrons. The van der Waals surface area contributed by atoms with Crippen molar-refractivity contribution < 1.29 is 4.79 Å². The fourth-order valence-electron chi connectivity index (χ4n) is 3.35. The van der Waals surface area contributed by atoms with Crippen molar-refractivity contribution in [3.8, 4) is 0 Å². The Hall–Kier alpha value is -1.77. The highest BCUT2D eigenvalue weighted by atomic mass is 16.1. The van der Waals surface area contributed by atoms with Crippen molar-refractivity contribution in [3.05, 3.63) is 35.5 Å². The van der Waals surface area contributed by atoms with E-state index in [2.05, 4.69) is 63.1 Å². The average molecular weight is 300 g/mol. The summed E-state index contributed by atoms with van der Waals surface area (Å²) in [6.45, 7) is 11.3. The predicted molar refractivity (Wildman–Crippen MR) is 93.1 cm³/mol. The van der Waals surface area contributed by atoms with Crippen molar-refractivity contribution in [1.29, 1.82) is 0 Å². The molecule has 1 aromatic carbocycles. The lowest BCUT2D eigenvalue weighted by Crippen LogP contribution is -2.39. The summed E-state index contributed by atoms with van der Waals surface area (Å²) in [5, 5.41) is 4.40.